The number of carbonyl (C=O) groups is 1. The maximum absolute atomic E-state index is 12.4. The molecule has 1 aliphatic rings. The van der Waals surface area contributed by atoms with Crippen LogP contribution >= 0.6 is 24.0 Å². The Bertz CT molecular complexity index is 557. The van der Waals surface area contributed by atoms with Crippen LogP contribution in [0.2, 0.25) is 0 Å². The lowest BCUT2D eigenvalue weighted by molar-refractivity contribution is -0.115. The molecule has 22 heavy (non-hydrogen) atoms. The average molecular weight is 337 g/mol. The number of nitrogens with zero attached hydrogens (tertiary/aromatic N) is 1. The molecule has 0 saturated carbocycles. The largest absolute Gasteiger partial charge is 0.358 e. The molecule has 1 fully saturated rings. The Morgan fingerprint density at radius 3 is 2.32 bits per heavy atom. The van der Waals surface area contributed by atoms with Gasteiger partial charge in [-0.2, -0.15) is 0 Å². The molecular formula is C17H24N2OS2. The van der Waals surface area contributed by atoms with Crippen LogP contribution in [0.1, 0.15) is 36.5 Å². The molecule has 1 N–H and O–H groups in total. The summed E-state index contributed by atoms with van der Waals surface area (Å²) in [5.74, 6) is 0.0154. The molecule has 1 atom stereocenters. The van der Waals surface area contributed by atoms with Gasteiger partial charge in [-0.1, -0.05) is 41.7 Å². The molecule has 5 heteroatoms. The molecule has 1 heterocycles. The molecule has 1 aromatic carbocycles. The normalized spacial score (nSPS) is 15.7. The molecule has 1 aliphatic heterocycles. The van der Waals surface area contributed by atoms with E-state index in [1.165, 1.54) is 30.2 Å². The van der Waals surface area contributed by atoms with Crippen LogP contribution in [0.25, 0.3) is 0 Å². The van der Waals surface area contributed by atoms with Gasteiger partial charge in [0.2, 0.25) is 5.91 Å². The lowest BCUT2D eigenvalue weighted by atomic mass is 10.1. The van der Waals surface area contributed by atoms with Crippen LogP contribution in [0.5, 0.6) is 0 Å². The second kappa shape index (κ2) is 7.47. The first-order valence-corrected chi connectivity index (χ1v) is 9.01. The molecule has 0 bridgehead atoms. The number of nitrogens with one attached hydrogen (secondary N) is 1. The summed E-state index contributed by atoms with van der Waals surface area (Å²) in [4.78, 5) is 14.6. The molecule has 1 aromatic rings. The van der Waals surface area contributed by atoms with Crippen LogP contribution in [0.15, 0.2) is 12.1 Å². The van der Waals surface area contributed by atoms with Gasteiger partial charge in [0.05, 0.1) is 5.25 Å². The Hall–Kier alpha value is -1.07. The van der Waals surface area contributed by atoms with Gasteiger partial charge >= 0.3 is 0 Å². The maximum atomic E-state index is 12.4. The minimum absolute atomic E-state index is 0.0154. The topological polar surface area (TPSA) is 32.3 Å². The minimum Gasteiger partial charge on any atom is -0.358 e. The number of thiocarbonyl (C=S) groups is 1. The molecule has 3 nitrogen and oxygen atoms in total. The number of thioether (sulfide) groups is 1. The Morgan fingerprint density at radius 2 is 1.77 bits per heavy atom. The second-order valence-corrected chi connectivity index (χ2v) is 7.96. The number of amides is 1. The SMILES string of the molecule is Cc1cc(C)c(NC(=O)[C@H](C)SC(=S)N2CCCC2)c(C)c1. The number of aryl methyl sites for hydroxylation is 3. The first-order valence-electron chi connectivity index (χ1n) is 7.72. The van der Waals surface area contributed by atoms with E-state index in [2.05, 4.69) is 29.3 Å². The van der Waals surface area contributed by atoms with E-state index in [4.69, 9.17) is 12.2 Å². The van der Waals surface area contributed by atoms with Crippen molar-refractivity contribution < 1.29 is 4.79 Å². The van der Waals surface area contributed by atoms with Gasteiger partial charge in [0.15, 0.2) is 0 Å². The van der Waals surface area contributed by atoms with Crippen molar-refractivity contribution >= 4 is 39.9 Å². The fraction of sp³-hybridized carbons (Fsp3) is 0.529. The molecule has 1 saturated heterocycles. The summed E-state index contributed by atoms with van der Waals surface area (Å²) in [5, 5.41) is 2.88. The third kappa shape index (κ3) is 4.23. The number of benzene rings is 1. The van der Waals surface area contributed by atoms with Crippen LogP contribution in [0, 0.1) is 20.8 Å². The summed E-state index contributed by atoms with van der Waals surface area (Å²) in [7, 11) is 0. The van der Waals surface area contributed by atoms with Crippen molar-refractivity contribution in [1.29, 1.82) is 0 Å². The van der Waals surface area contributed by atoms with Gasteiger partial charge in [-0.3, -0.25) is 4.79 Å². The molecular weight excluding hydrogens is 312 g/mol. The lowest BCUT2D eigenvalue weighted by Crippen LogP contribution is -2.29. The average Bonchev–Trinajstić information content (AvgIpc) is 2.96. The molecule has 0 aromatic heterocycles. The molecule has 2 rings (SSSR count). The Balaban J connectivity index is 1.98. The van der Waals surface area contributed by atoms with Crippen molar-refractivity contribution in [2.45, 2.75) is 45.8 Å². The highest BCUT2D eigenvalue weighted by molar-refractivity contribution is 8.23. The van der Waals surface area contributed by atoms with Crippen molar-refractivity contribution in [1.82, 2.24) is 4.90 Å². The predicted octanol–water partition coefficient (Wildman–Crippen LogP) is 4.05. The first kappa shape index (κ1) is 17.3. The predicted molar refractivity (Wildman–Crippen MR) is 99.7 cm³/mol. The molecule has 0 spiro atoms. The minimum atomic E-state index is -0.187. The highest BCUT2D eigenvalue weighted by Gasteiger charge is 2.22. The van der Waals surface area contributed by atoms with Gasteiger partial charge in [0.1, 0.15) is 4.32 Å². The second-order valence-electron chi connectivity index (χ2n) is 5.98. The summed E-state index contributed by atoms with van der Waals surface area (Å²) in [6, 6.07) is 4.19. The highest BCUT2D eigenvalue weighted by atomic mass is 32.2. The zero-order valence-corrected chi connectivity index (χ0v) is 15.4. The number of carbonyl (C=O) groups excluding carboxylic acids is 1. The number of hydrogen-bond acceptors (Lipinski definition) is 3. The smallest absolute Gasteiger partial charge is 0.237 e. The summed E-state index contributed by atoms with van der Waals surface area (Å²) in [5.41, 5.74) is 4.34. The van der Waals surface area contributed by atoms with Gasteiger partial charge in [-0.15, -0.1) is 0 Å². The third-order valence-corrected chi connectivity index (χ3v) is 5.51. The summed E-state index contributed by atoms with van der Waals surface area (Å²) in [6.45, 7) is 10.1. The third-order valence-electron chi connectivity index (χ3n) is 3.94. The quantitative estimate of drug-likeness (QED) is 0.844. The molecule has 1 amide bonds. The van der Waals surface area contributed by atoms with Gasteiger partial charge < -0.3 is 10.2 Å². The highest BCUT2D eigenvalue weighted by Crippen LogP contribution is 2.25. The van der Waals surface area contributed by atoms with Crippen molar-refractivity contribution in [3.8, 4) is 0 Å². The van der Waals surface area contributed by atoms with Crippen LogP contribution in [-0.2, 0) is 4.79 Å². The number of rotatable bonds is 3. The van der Waals surface area contributed by atoms with E-state index in [1.807, 2.05) is 20.8 Å². The first-order chi connectivity index (χ1) is 10.4. The van der Waals surface area contributed by atoms with Crippen molar-refractivity contribution in [2.24, 2.45) is 0 Å². The summed E-state index contributed by atoms with van der Waals surface area (Å²) in [6.07, 6.45) is 2.39. The fourth-order valence-electron chi connectivity index (χ4n) is 2.78. The zero-order chi connectivity index (χ0) is 16.3. The monoisotopic (exact) mass is 336 g/mol. The number of likely N-dealkylation sites (tertiary alicyclic amines) is 1. The van der Waals surface area contributed by atoms with E-state index in [0.29, 0.717) is 0 Å². The van der Waals surface area contributed by atoms with E-state index in [-0.39, 0.29) is 11.2 Å². The number of hydrogen-bond donors (Lipinski definition) is 1. The van der Waals surface area contributed by atoms with Crippen LogP contribution in [0.4, 0.5) is 5.69 Å². The van der Waals surface area contributed by atoms with E-state index < -0.39 is 0 Å². The van der Waals surface area contributed by atoms with E-state index in [0.717, 1.165) is 34.2 Å². The Labute approximate surface area is 142 Å². The van der Waals surface area contributed by atoms with Crippen LogP contribution in [-0.4, -0.2) is 33.5 Å². The van der Waals surface area contributed by atoms with Crippen molar-refractivity contribution in [3.63, 3.8) is 0 Å². The molecule has 0 unspecified atom stereocenters. The van der Waals surface area contributed by atoms with Gasteiger partial charge in [0, 0.05) is 18.8 Å². The van der Waals surface area contributed by atoms with E-state index in [9.17, 15) is 4.79 Å². The standard InChI is InChI=1S/C17H24N2OS2/c1-11-9-12(2)15(13(3)10-11)18-16(20)14(4)22-17(21)19-7-5-6-8-19/h9-10,14H,5-8H2,1-4H3,(H,18,20)/t14-/m0/s1. The maximum Gasteiger partial charge on any atom is 0.237 e. The van der Waals surface area contributed by atoms with Gasteiger partial charge in [-0.05, 0) is 51.7 Å². The van der Waals surface area contributed by atoms with E-state index in [1.54, 1.807) is 0 Å². The fourth-order valence-corrected chi connectivity index (χ4v) is 4.20. The summed E-state index contributed by atoms with van der Waals surface area (Å²) >= 11 is 6.94. The van der Waals surface area contributed by atoms with Crippen molar-refractivity contribution in [3.05, 3.63) is 28.8 Å². The van der Waals surface area contributed by atoms with Crippen molar-refractivity contribution in [2.75, 3.05) is 18.4 Å². The van der Waals surface area contributed by atoms with Crippen LogP contribution in [0.3, 0.4) is 0 Å². The number of anilines is 1. The molecule has 0 radical (unpaired) electrons. The van der Waals surface area contributed by atoms with Gasteiger partial charge in [0.25, 0.3) is 0 Å². The molecule has 120 valence electrons. The summed E-state index contributed by atoms with van der Waals surface area (Å²) < 4.78 is 0.845. The Kier molecular flexibility index (Phi) is 5.87. The lowest BCUT2D eigenvalue weighted by Gasteiger charge is -2.21. The molecule has 0 aliphatic carbocycles. The zero-order valence-electron chi connectivity index (χ0n) is 13.7. The van der Waals surface area contributed by atoms with E-state index >= 15 is 0 Å². The Morgan fingerprint density at radius 1 is 1.23 bits per heavy atom. The van der Waals surface area contributed by atoms with Gasteiger partial charge in [-0.25, -0.2) is 0 Å². The van der Waals surface area contributed by atoms with Crippen LogP contribution < -0.4 is 5.32 Å².